The van der Waals surface area contributed by atoms with Gasteiger partial charge < -0.3 is 5.11 Å². The predicted molar refractivity (Wildman–Crippen MR) is 104 cm³/mol. The van der Waals surface area contributed by atoms with Gasteiger partial charge in [-0.2, -0.15) is 9.78 Å². The maximum atomic E-state index is 13.1. The van der Waals surface area contributed by atoms with Gasteiger partial charge in [-0.25, -0.2) is 4.39 Å². The van der Waals surface area contributed by atoms with Crippen LogP contribution in [0.3, 0.4) is 0 Å². The SMILES string of the molecule is Cc1ccc(C2=Nn3c(Cc4ccc(F)cc4)nnc3S[C@@H]2CC(=O)O)cc1. The van der Waals surface area contributed by atoms with E-state index in [1.165, 1.54) is 23.9 Å². The lowest BCUT2D eigenvalue weighted by Gasteiger charge is -2.22. The molecule has 1 atom stereocenters. The lowest BCUT2D eigenvalue weighted by Crippen LogP contribution is -2.27. The van der Waals surface area contributed by atoms with E-state index < -0.39 is 5.97 Å². The molecule has 8 heteroatoms. The van der Waals surface area contributed by atoms with E-state index in [1.54, 1.807) is 16.8 Å². The molecule has 0 radical (unpaired) electrons. The first-order chi connectivity index (χ1) is 13.5. The van der Waals surface area contributed by atoms with Crippen molar-refractivity contribution in [1.29, 1.82) is 0 Å². The van der Waals surface area contributed by atoms with Crippen LogP contribution >= 0.6 is 11.8 Å². The molecule has 1 aliphatic heterocycles. The van der Waals surface area contributed by atoms with Crippen LogP contribution < -0.4 is 0 Å². The lowest BCUT2D eigenvalue weighted by molar-refractivity contribution is -0.136. The summed E-state index contributed by atoms with van der Waals surface area (Å²) in [6.45, 7) is 1.99. The normalized spacial score (nSPS) is 15.8. The monoisotopic (exact) mass is 396 g/mol. The van der Waals surface area contributed by atoms with Gasteiger partial charge in [0.25, 0.3) is 0 Å². The van der Waals surface area contributed by atoms with E-state index in [-0.39, 0.29) is 17.5 Å². The number of rotatable bonds is 5. The van der Waals surface area contributed by atoms with Crippen molar-refractivity contribution in [2.75, 3.05) is 0 Å². The number of benzene rings is 2. The number of hydrogen-bond acceptors (Lipinski definition) is 5. The number of nitrogens with zero attached hydrogens (tertiary/aromatic N) is 4. The summed E-state index contributed by atoms with van der Waals surface area (Å²) in [5.41, 5.74) is 3.56. The minimum Gasteiger partial charge on any atom is -0.481 e. The van der Waals surface area contributed by atoms with Crippen molar-refractivity contribution in [3.05, 3.63) is 76.9 Å². The summed E-state index contributed by atoms with van der Waals surface area (Å²) in [5.74, 6) is -0.567. The molecule has 142 valence electrons. The van der Waals surface area contributed by atoms with Crippen molar-refractivity contribution in [2.45, 2.75) is 30.2 Å². The van der Waals surface area contributed by atoms with E-state index in [1.807, 2.05) is 31.2 Å². The summed E-state index contributed by atoms with van der Waals surface area (Å²) in [6, 6.07) is 14.0. The molecule has 0 aliphatic carbocycles. The first-order valence-corrected chi connectivity index (χ1v) is 9.60. The number of thioether (sulfide) groups is 1. The summed E-state index contributed by atoms with van der Waals surface area (Å²) in [4.78, 5) is 11.3. The summed E-state index contributed by atoms with van der Waals surface area (Å²) < 4.78 is 14.8. The highest BCUT2D eigenvalue weighted by atomic mass is 32.2. The van der Waals surface area contributed by atoms with Gasteiger partial charge in [0.15, 0.2) is 5.82 Å². The van der Waals surface area contributed by atoms with Crippen molar-refractivity contribution in [3.63, 3.8) is 0 Å². The maximum Gasteiger partial charge on any atom is 0.304 e. The smallest absolute Gasteiger partial charge is 0.304 e. The van der Waals surface area contributed by atoms with Gasteiger partial charge in [-0.1, -0.05) is 53.7 Å². The largest absolute Gasteiger partial charge is 0.481 e. The van der Waals surface area contributed by atoms with Crippen molar-refractivity contribution < 1.29 is 14.3 Å². The third-order valence-corrected chi connectivity index (χ3v) is 5.56. The Balaban J connectivity index is 1.72. The average molecular weight is 396 g/mol. The average Bonchev–Trinajstić information content (AvgIpc) is 3.05. The van der Waals surface area contributed by atoms with E-state index in [9.17, 15) is 14.3 Å². The second kappa shape index (κ2) is 7.55. The Morgan fingerprint density at radius 3 is 2.54 bits per heavy atom. The second-order valence-electron chi connectivity index (χ2n) is 6.57. The van der Waals surface area contributed by atoms with Gasteiger partial charge in [0, 0.05) is 6.42 Å². The molecular formula is C20H17FN4O2S. The fraction of sp³-hybridized carbons (Fsp3) is 0.200. The Morgan fingerprint density at radius 2 is 1.86 bits per heavy atom. The molecule has 1 aliphatic rings. The van der Waals surface area contributed by atoms with Crippen molar-refractivity contribution in [1.82, 2.24) is 14.9 Å². The van der Waals surface area contributed by atoms with Crippen molar-refractivity contribution in [2.24, 2.45) is 5.10 Å². The number of carboxylic acids is 1. The van der Waals surface area contributed by atoms with Crippen LogP contribution in [0.2, 0.25) is 0 Å². The predicted octanol–water partition coefficient (Wildman–Crippen LogP) is 3.52. The molecule has 1 N–H and O–H groups in total. The fourth-order valence-corrected chi connectivity index (χ4v) is 4.09. The quantitative estimate of drug-likeness (QED) is 0.714. The molecule has 0 saturated carbocycles. The van der Waals surface area contributed by atoms with E-state index >= 15 is 0 Å². The van der Waals surface area contributed by atoms with E-state index in [2.05, 4.69) is 10.2 Å². The Kier molecular flexibility index (Phi) is 4.95. The molecule has 0 saturated heterocycles. The lowest BCUT2D eigenvalue weighted by atomic mass is 10.0. The van der Waals surface area contributed by atoms with E-state index in [0.717, 1.165) is 16.7 Å². The Bertz CT molecular complexity index is 1050. The van der Waals surface area contributed by atoms with Crippen LogP contribution in [0.1, 0.15) is 28.9 Å². The molecule has 0 amide bonds. The highest BCUT2D eigenvalue weighted by Gasteiger charge is 2.30. The second-order valence-corrected chi connectivity index (χ2v) is 7.74. The van der Waals surface area contributed by atoms with Crippen LogP contribution in [0.25, 0.3) is 0 Å². The molecule has 28 heavy (non-hydrogen) atoms. The number of fused-ring (bicyclic) bond motifs is 1. The van der Waals surface area contributed by atoms with Crippen molar-refractivity contribution in [3.8, 4) is 0 Å². The topological polar surface area (TPSA) is 80.4 Å². The van der Waals surface area contributed by atoms with Crippen LogP contribution in [0.15, 0.2) is 58.8 Å². The highest BCUT2D eigenvalue weighted by molar-refractivity contribution is 8.00. The van der Waals surface area contributed by atoms with Gasteiger partial charge in [-0.3, -0.25) is 4.79 Å². The molecule has 0 unspecified atom stereocenters. The number of aliphatic carboxylic acids is 1. The van der Waals surface area contributed by atoms with Gasteiger partial charge in [0.05, 0.1) is 17.4 Å². The minimum absolute atomic E-state index is 0.0580. The van der Waals surface area contributed by atoms with E-state index in [0.29, 0.717) is 23.1 Å². The van der Waals surface area contributed by atoms with Gasteiger partial charge >= 0.3 is 5.97 Å². The number of carboxylic acid groups (broad SMARTS) is 1. The number of hydrogen-bond donors (Lipinski definition) is 1. The first-order valence-electron chi connectivity index (χ1n) is 8.72. The summed E-state index contributed by atoms with van der Waals surface area (Å²) in [5, 5.41) is 22.6. The summed E-state index contributed by atoms with van der Waals surface area (Å²) >= 11 is 1.34. The Labute approximate surface area is 165 Å². The number of aromatic nitrogens is 3. The fourth-order valence-electron chi connectivity index (χ4n) is 2.98. The van der Waals surface area contributed by atoms with Gasteiger partial charge in [0.1, 0.15) is 5.82 Å². The van der Waals surface area contributed by atoms with Gasteiger partial charge in [-0.15, -0.1) is 10.2 Å². The molecule has 0 fully saturated rings. The zero-order valence-corrected chi connectivity index (χ0v) is 15.9. The van der Waals surface area contributed by atoms with Crippen LogP contribution in [-0.4, -0.2) is 36.9 Å². The molecule has 3 aromatic rings. The Hall–Kier alpha value is -3.00. The molecule has 2 heterocycles. The molecule has 1 aromatic heterocycles. The molecule has 6 nitrogen and oxygen atoms in total. The standard InChI is InChI=1S/C20H17FN4O2S/c1-12-2-6-14(7-3-12)19-16(11-18(26)27)28-20-23-22-17(25(20)24-19)10-13-4-8-15(21)9-5-13/h2-9,16H,10-11H2,1H3,(H,26,27)/t16-/m1/s1. The van der Waals surface area contributed by atoms with Crippen LogP contribution in [0.4, 0.5) is 4.39 Å². The van der Waals surface area contributed by atoms with Crippen LogP contribution in [-0.2, 0) is 11.2 Å². The zero-order valence-electron chi connectivity index (χ0n) is 15.0. The van der Waals surface area contributed by atoms with Crippen LogP contribution in [0, 0.1) is 12.7 Å². The summed E-state index contributed by atoms with van der Waals surface area (Å²) in [6.07, 6.45) is 0.389. The minimum atomic E-state index is -0.892. The van der Waals surface area contributed by atoms with Crippen LogP contribution in [0.5, 0.6) is 0 Å². The maximum absolute atomic E-state index is 13.1. The van der Waals surface area contributed by atoms with Crippen molar-refractivity contribution >= 4 is 23.4 Å². The van der Waals surface area contributed by atoms with Gasteiger partial charge in [-0.05, 0) is 30.2 Å². The third-order valence-electron chi connectivity index (χ3n) is 4.42. The molecule has 0 bridgehead atoms. The first kappa shape index (κ1) is 18.4. The third kappa shape index (κ3) is 3.82. The number of carbonyl (C=O) groups is 1. The summed E-state index contributed by atoms with van der Waals surface area (Å²) in [7, 11) is 0. The molecule has 0 spiro atoms. The zero-order chi connectivity index (χ0) is 19.7. The molecule has 4 rings (SSSR count). The Morgan fingerprint density at radius 1 is 1.14 bits per heavy atom. The highest BCUT2D eigenvalue weighted by Crippen LogP contribution is 2.32. The molecule has 2 aromatic carbocycles. The number of aryl methyl sites for hydroxylation is 1. The number of halogens is 1. The molecular weight excluding hydrogens is 379 g/mol. The van der Waals surface area contributed by atoms with E-state index in [4.69, 9.17) is 5.10 Å². The van der Waals surface area contributed by atoms with Gasteiger partial charge in [0.2, 0.25) is 5.16 Å².